The second kappa shape index (κ2) is 7.53. The van der Waals surface area contributed by atoms with Crippen molar-refractivity contribution < 1.29 is 4.39 Å². The Labute approximate surface area is 133 Å². The molecule has 22 heavy (non-hydrogen) atoms. The molecule has 3 nitrogen and oxygen atoms in total. The number of nitrogens with zero attached hydrogens (tertiary/aromatic N) is 2. The quantitative estimate of drug-likeness (QED) is 0.902. The Kier molecular flexibility index (Phi) is 5.45. The lowest BCUT2D eigenvalue weighted by atomic mass is 10.00. The van der Waals surface area contributed by atoms with E-state index in [1.807, 2.05) is 12.1 Å². The molecule has 0 aliphatic carbocycles. The molecule has 2 atom stereocenters. The van der Waals surface area contributed by atoms with Crippen LogP contribution in [0.15, 0.2) is 24.3 Å². The van der Waals surface area contributed by atoms with Gasteiger partial charge in [-0.3, -0.25) is 4.90 Å². The van der Waals surface area contributed by atoms with Crippen molar-refractivity contribution in [3.05, 3.63) is 35.6 Å². The third kappa shape index (κ3) is 3.67. The fourth-order valence-electron chi connectivity index (χ4n) is 3.86. The highest BCUT2D eigenvalue weighted by molar-refractivity contribution is 5.21. The minimum Gasteiger partial charge on any atom is -0.314 e. The molecule has 122 valence electrons. The Morgan fingerprint density at radius 3 is 2.59 bits per heavy atom. The van der Waals surface area contributed by atoms with Gasteiger partial charge in [-0.05, 0) is 50.0 Å². The fraction of sp³-hybridized carbons (Fsp3) is 0.667. The molecule has 0 aromatic heterocycles. The number of rotatable bonds is 5. The van der Waals surface area contributed by atoms with Crippen LogP contribution in [-0.4, -0.2) is 55.1 Å². The third-order valence-corrected chi connectivity index (χ3v) is 5.15. The van der Waals surface area contributed by atoms with E-state index in [2.05, 4.69) is 22.0 Å². The zero-order valence-electron chi connectivity index (χ0n) is 13.6. The first-order valence-electron chi connectivity index (χ1n) is 8.72. The molecule has 0 amide bonds. The first kappa shape index (κ1) is 15.9. The summed E-state index contributed by atoms with van der Waals surface area (Å²) in [5, 5.41) is 3.51. The summed E-state index contributed by atoms with van der Waals surface area (Å²) < 4.78 is 13.3. The van der Waals surface area contributed by atoms with Crippen LogP contribution in [0, 0.1) is 5.82 Å². The van der Waals surface area contributed by atoms with Crippen LogP contribution in [0.1, 0.15) is 37.8 Å². The Bertz CT molecular complexity index is 456. The van der Waals surface area contributed by atoms with Gasteiger partial charge in [-0.1, -0.05) is 19.1 Å². The molecule has 4 heteroatoms. The Balaban J connectivity index is 1.81. The van der Waals surface area contributed by atoms with E-state index in [1.54, 1.807) is 12.1 Å². The summed E-state index contributed by atoms with van der Waals surface area (Å²) in [6, 6.07) is 8.12. The van der Waals surface area contributed by atoms with Crippen LogP contribution >= 0.6 is 0 Å². The van der Waals surface area contributed by atoms with Gasteiger partial charge in [0, 0.05) is 38.3 Å². The number of likely N-dealkylation sites (tertiary alicyclic amines) is 1. The topological polar surface area (TPSA) is 18.5 Å². The minimum absolute atomic E-state index is 0.143. The van der Waals surface area contributed by atoms with E-state index in [-0.39, 0.29) is 5.82 Å². The smallest absolute Gasteiger partial charge is 0.123 e. The van der Waals surface area contributed by atoms with Crippen molar-refractivity contribution in [1.29, 1.82) is 0 Å². The predicted molar refractivity (Wildman–Crippen MR) is 88.5 cm³/mol. The van der Waals surface area contributed by atoms with Crippen LogP contribution in [0.25, 0.3) is 0 Å². The zero-order chi connectivity index (χ0) is 15.4. The molecule has 2 saturated heterocycles. The molecule has 2 heterocycles. The molecule has 2 unspecified atom stereocenters. The lowest BCUT2D eigenvalue weighted by Crippen LogP contribution is -2.53. The van der Waals surface area contributed by atoms with Crippen molar-refractivity contribution in [2.45, 2.75) is 38.3 Å². The highest BCUT2D eigenvalue weighted by Crippen LogP contribution is 2.27. The Morgan fingerprint density at radius 1 is 1.18 bits per heavy atom. The van der Waals surface area contributed by atoms with Gasteiger partial charge in [0.25, 0.3) is 0 Å². The first-order chi connectivity index (χ1) is 10.8. The van der Waals surface area contributed by atoms with E-state index in [4.69, 9.17) is 0 Å². The normalized spacial score (nSPS) is 25.5. The van der Waals surface area contributed by atoms with Crippen LogP contribution < -0.4 is 5.32 Å². The van der Waals surface area contributed by atoms with Crippen LogP contribution in [0.2, 0.25) is 0 Å². The van der Waals surface area contributed by atoms with Gasteiger partial charge in [-0.15, -0.1) is 0 Å². The van der Waals surface area contributed by atoms with Gasteiger partial charge < -0.3 is 10.2 Å². The fourth-order valence-corrected chi connectivity index (χ4v) is 3.86. The van der Waals surface area contributed by atoms with Crippen molar-refractivity contribution in [2.24, 2.45) is 0 Å². The minimum atomic E-state index is -0.143. The first-order valence-corrected chi connectivity index (χ1v) is 8.72. The van der Waals surface area contributed by atoms with Gasteiger partial charge >= 0.3 is 0 Å². The number of benzene rings is 1. The van der Waals surface area contributed by atoms with E-state index in [9.17, 15) is 4.39 Å². The van der Waals surface area contributed by atoms with Crippen molar-refractivity contribution >= 4 is 0 Å². The maximum Gasteiger partial charge on any atom is 0.123 e. The maximum atomic E-state index is 13.3. The SMILES string of the molecule is CCC1CNCCN1C(CN1CCCC1)c1ccc(F)cc1. The Morgan fingerprint density at radius 2 is 1.91 bits per heavy atom. The Hall–Kier alpha value is -0.970. The van der Waals surface area contributed by atoms with Crippen LogP contribution in [0.4, 0.5) is 4.39 Å². The highest BCUT2D eigenvalue weighted by atomic mass is 19.1. The van der Waals surface area contributed by atoms with E-state index >= 15 is 0 Å². The van der Waals surface area contributed by atoms with Crippen molar-refractivity contribution in [1.82, 2.24) is 15.1 Å². The lowest BCUT2D eigenvalue weighted by Gasteiger charge is -2.42. The summed E-state index contributed by atoms with van der Waals surface area (Å²) in [5.41, 5.74) is 1.26. The van der Waals surface area contributed by atoms with Gasteiger partial charge in [-0.2, -0.15) is 0 Å². The molecule has 0 saturated carbocycles. The standard InChI is InChI=1S/C18H28FN3/c1-2-17-13-20-9-12-22(17)18(14-21-10-3-4-11-21)15-5-7-16(19)8-6-15/h5-8,17-18,20H,2-4,9-14H2,1H3. The molecule has 0 radical (unpaired) electrons. The van der Waals surface area contributed by atoms with Crippen LogP contribution in [0.3, 0.4) is 0 Å². The van der Waals surface area contributed by atoms with Crippen molar-refractivity contribution in [3.63, 3.8) is 0 Å². The molecule has 1 aromatic rings. The molecule has 0 spiro atoms. The lowest BCUT2D eigenvalue weighted by molar-refractivity contribution is 0.0798. The van der Waals surface area contributed by atoms with E-state index in [0.717, 1.165) is 32.6 Å². The molecule has 1 N–H and O–H groups in total. The monoisotopic (exact) mass is 305 g/mol. The summed E-state index contributed by atoms with van der Waals surface area (Å²) in [5.74, 6) is -0.143. The molecule has 3 rings (SSSR count). The third-order valence-electron chi connectivity index (χ3n) is 5.15. The van der Waals surface area contributed by atoms with Gasteiger partial charge in [0.15, 0.2) is 0 Å². The van der Waals surface area contributed by atoms with Gasteiger partial charge in [0.1, 0.15) is 5.82 Å². The summed E-state index contributed by atoms with van der Waals surface area (Å²) in [6.45, 7) is 8.95. The number of hydrogen-bond acceptors (Lipinski definition) is 3. The molecule has 2 fully saturated rings. The number of nitrogens with one attached hydrogen (secondary N) is 1. The summed E-state index contributed by atoms with van der Waals surface area (Å²) in [4.78, 5) is 5.21. The summed E-state index contributed by atoms with van der Waals surface area (Å²) >= 11 is 0. The molecule has 2 aliphatic heterocycles. The zero-order valence-corrected chi connectivity index (χ0v) is 13.6. The molecular formula is C18H28FN3. The van der Waals surface area contributed by atoms with Gasteiger partial charge in [-0.25, -0.2) is 4.39 Å². The average molecular weight is 305 g/mol. The van der Waals surface area contributed by atoms with Gasteiger partial charge in [0.05, 0.1) is 0 Å². The molecule has 1 aromatic carbocycles. The highest BCUT2D eigenvalue weighted by Gasteiger charge is 2.30. The number of halogens is 1. The average Bonchev–Trinajstić information content (AvgIpc) is 3.07. The summed E-state index contributed by atoms with van der Waals surface area (Å²) in [7, 11) is 0. The van der Waals surface area contributed by atoms with Crippen molar-refractivity contribution in [2.75, 3.05) is 39.3 Å². The molecule has 0 bridgehead atoms. The predicted octanol–water partition coefficient (Wildman–Crippen LogP) is 2.65. The van der Waals surface area contributed by atoms with Crippen molar-refractivity contribution in [3.8, 4) is 0 Å². The maximum absolute atomic E-state index is 13.3. The molecule has 2 aliphatic rings. The van der Waals surface area contributed by atoms with E-state index < -0.39 is 0 Å². The van der Waals surface area contributed by atoms with Gasteiger partial charge in [0.2, 0.25) is 0 Å². The molecular weight excluding hydrogens is 277 g/mol. The van der Waals surface area contributed by atoms with Crippen LogP contribution in [0.5, 0.6) is 0 Å². The van der Waals surface area contributed by atoms with E-state index in [1.165, 1.54) is 31.5 Å². The van der Waals surface area contributed by atoms with E-state index in [0.29, 0.717) is 12.1 Å². The second-order valence-electron chi connectivity index (χ2n) is 6.58. The van der Waals surface area contributed by atoms with Crippen LogP contribution in [-0.2, 0) is 0 Å². The number of piperazine rings is 1. The second-order valence-corrected chi connectivity index (χ2v) is 6.58. The summed E-state index contributed by atoms with van der Waals surface area (Å²) in [6.07, 6.45) is 3.79. The number of hydrogen-bond donors (Lipinski definition) is 1. The largest absolute Gasteiger partial charge is 0.314 e.